The molecule has 0 bridgehead atoms. The number of alkyl halides is 3. The third-order valence-corrected chi connectivity index (χ3v) is 5.59. The van der Waals surface area contributed by atoms with Crippen LogP contribution in [0.4, 0.5) is 24.5 Å². The van der Waals surface area contributed by atoms with Gasteiger partial charge in [0, 0.05) is 12.6 Å². The number of hydrogen-bond acceptors (Lipinski definition) is 6. The summed E-state index contributed by atoms with van der Waals surface area (Å²) in [6.45, 7) is 0.590. The summed E-state index contributed by atoms with van der Waals surface area (Å²) in [5.74, 6) is 0. The Kier molecular flexibility index (Phi) is 5.01. The van der Waals surface area contributed by atoms with Crippen LogP contribution in [0.25, 0.3) is 0 Å². The lowest BCUT2D eigenvalue weighted by Gasteiger charge is -2.45. The van der Waals surface area contributed by atoms with E-state index < -0.39 is 36.4 Å². The van der Waals surface area contributed by atoms with E-state index in [0.717, 1.165) is 31.4 Å². The molecular formula is C14H18F3N3O4S. The maximum Gasteiger partial charge on any atom is 0.501 e. The first-order chi connectivity index (χ1) is 11.4. The smallest absolute Gasteiger partial charge is 0.373 e. The minimum absolute atomic E-state index is 0.00711. The standard InChI is InChI=1S/C14H18F3N3O4S/c1-19(2)9-13(6-3-7-13)18-11-5-4-10(8-12(11)20(21)22)25(23,24)14(15,16)17/h4-5,8,18H,3,6-7,9H2,1-2H3. The molecule has 0 aliphatic heterocycles. The summed E-state index contributed by atoms with van der Waals surface area (Å²) in [6.07, 6.45) is 2.44. The molecule has 0 spiro atoms. The van der Waals surface area contributed by atoms with Gasteiger partial charge in [0.2, 0.25) is 0 Å². The fourth-order valence-electron chi connectivity index (χ4n) is 2.89. The molecule has 11 heteroatoms. The van der Waals surface area contributed by atoms with Crippen molar-refractivity contribution in [2.24, 2.45) is 0 Å². The number of halogens is 3. The highest BCUT2D eigenvalue weighted by molar-refractivity contribution is 7.92. The van der Waals surface area contributed by atoms with Gasteiger partial charge in [-0.05, 0) is 45.5 Å². The number of nitrogens with one attached hydrogen (secondary N) is 1. The molecule has 1 aromatic rings. The Balaban J connectivity index is 2.43. The molecule has 1 aliphatic carbocycles. The predicted octanol–water partition coefficient (Wildman–Crippen LogP) is 2.78. The van der Waals surface area contributed by atoms with E-state index in [1.54, 1.807) is 0 Å². The topological polar surface area (TPSA) is 92.6 Å². The Morgan fingerprint density at radius 2 is 1.92 bits per heavy atom. The van der Waals surface area contributed by atoms with Gasteiger partial charge in [-0.15, -0.1) is 0 Å². The van der Waals surface area contributed by atoms with Crippen LogP contribution in [-0.2, 0) is 9.84 Å². The van der Waals surface area contributed by atoms with Gasteiger partial charge in [-0.3, -0.25) is 10.1 Å². The second kappa shape index (κ2) is 6.45. The van der Waals surface area contributed by atoms with E-state index in [2.05, 4.69) is 5.32 Å². The summed E-state index contributed by atoms with van der Waals surface area (Å²) in [5, 5.41) is 14.3. The quantitative estimate of drug-likeness (QED) is 0.602. The summed E-state index contributed by atoms with van der Waals surface area (Å²) in [7, 11) is -1.96. The Bertz CT molecular complexity index is 774. The number of anilines is 1. The number of hydrogen-bond donors (Lipinski definition) is 1. The Morgan fingerprint density at radius 3 is 2.32 bits per heavy atom. The number of nitro benzene ring substituents is 1. The SMILES string of the molecule is CN(C)CC1(Nc2ccc(S(=O)(=O)C(F)(F)F)cc2[N+](=O)[O-])CCC1. The molecule has 0 unspecified atom stereocenters. The Hall–Kier alpha value is -1.88. The van der Waals surface area contributed by atoms with Crippen LogP contribution in [0, 0.1) is 10.1 Å². The van der Waals surface area contributed by atoms with Gasteiger partial charge in [0.25, 0.3) is 15.5 Å². The molecule has 1 N–H and O–H groups in total. The summed E-state index contributed by atoms with van der Waals surface area (Å²) in [4.78, 5) is 11.1. The van der Waals surface area contributed by atoms with Crippen molar-refractivity contribution in [3.63, 3.8) is 0 Å². The molecule has 1 aliphatic rings. The fraction of sp³-hybridized carbons (Fsp3) is 0.571. The lowest BCUT2D eigenvalue weighted by atomic mass is 9.76. The van der Waals surface area contributed by atoms with Gasteiger partial charge in [0.05, 0.1) is 15.4 Å². The van der Waals surface area contributed by atoms with Crippen LogP contribution in [0.3, 0.4) is 0 Å². The Morgan fingerprint density at radius 1 is 1.32 bits per heavy atom. The number of likely N-dealkylation sites (N-methyl/N-ethyl adjacent to an activating group) is 1. The lowest BCUT2D eigenvalue weighted by molar-refractivity contribution is -0.384. The van der Waals surface area contributed by atoms with Gasteiger partial charge in [-0.2, -0.15) is 13.2 Å². The summed E-state index contributed by atoms with van der Waals surface area (Å²) in [5.41, 5.74) is -6.63. The third kappa shape index (κ3) is 3.87. The molecule has 0 aromatic heterocycles. The zero-order valence-electron chi connectivity index (χ0n) is 13.6. The van der Waals surface area contributed by atoms with Crippen molar-refractivity contribution in [3.8, 4) is 0 Å². The molecule has 140 valence electrons. The van der Waals surface area contributed by atoms with Gasteiger partial charge < -0.3 is 10.2 Å². The third-order valence-electron chi connectivity index (χ3n) is 4.11. The van der Waals surface area contributed by atoms with Crippen molar-refractivity contribution in [2.75, 3.05) is 26.0 Å². The average Bonchev–Trinajstić information content (AvgIpc) is 2.43. The number of rotatable bonds is 6. The Labute approximate surface area is 142 Å². The second-order valence-corrected chi connectivity index (χ2v) is 8.32. The first-order valence-electron chi connectivity index (χ1n) is 7.41. The van der Waals surface area contributed by atoms with Crippen LogP contribution in [0.5, 0.6) is 0 Å². The summed E-state index contributed by atoms with van der Waals surface area (Å²) < 4.78 is 60.9. The molecule has 25 heavy (non-hydrogen) atoms. The fourth-order valence-corrected chi connectivity index (χ4v) is 3.67. The van der Waals surface area contributed by atoms with Crippen molar-refractivity contribution in [3.05, 3.63) is 28.3 Å². The minimum atomic E-state index is -5.64. The zero-order valence-corrected chi connectivity index (χ0v) is 14.4. The predicted molar refractivity (Wildman–Crippen MR) is 85.1 cm³/mol. The van der Waals surface area contributed by atoms with Crippen LogP contribution in [-0.4, -0.2) is 49.9 Å². The van der Waals surface area contributed by atoms with E-state index in [4.69, 9.17) is 0 Å². The van der Waals surface area contributed by atoms with Gasteiger partial charge in [0.15, 0.2) is 0 Å². The van der Waals surface area contributed by atoms with E-state index in [9.17, 15) is 31.7 Å². The van der Waals surface area contributed by atoms with E-state index in [1.165, 1.54) is 0 Å². The van der Waals surface area contributed by atoms with Crippen LogP contribution in [0.15, 0.2) is 23.1 Å². The molecular weight excluding hydrogens is 363 g/mol. The second-order valence-electron chi connectivity index (χ2n) is 6.38. The first-order valence-corrected chi connectivity index (χ1v) is 8.89. The van der Waals surface area contributed by atoms with Crippen molar-refractivity contribution in [1.29, 1.82) is 0 Å². The molecule has 1 fully saturated rings. The number of sulfone groups is 1. The maximum absolute atomic E-state index is 12.7. The highest BCUT2D eigenvalue weighted by atomic mass is 32.2. The first kappa shape index (κ1) is 19.4. The molecule has 1 aromatic carbocycles. The van der Waals surface area contributed by atoms with Gasteiger partial charge in [-0.25, -0.2) is 8.42 Å². The van der Waals surface area contributed by atoms with E-state index in [1.807, 2.05) is 19.0 Å². The van der Waals surface area contributed by atoms with Crippen LogP contribution < -0.4 is 5.32 Å². The molecule has 1 saturated carbocycles. The van der Waals surface area contributed by atoms with Crippen LogP contribution >= 0.6 is 0 Å². The molecule has 7 nitrogen and oxygen atoms in total. The minimum Gasteiger partial charge on any atom is -0.373 e. The lowest BCUT2D eigenvalue weighted by Crippen LogP contribution is -2.52. The van der Waals surface area contributed by atoms with Crippen molar-refractivity contribution in [2.45, 2.75) is 35.2 Å². The zero-order chi connectivity index (χ0) is 19.0. The van der Waals surface area contributed by atoms with Gasteiger partial charge in [0.1, 0.15) is 5.69 Å². The monoisotopic (exact) mass is 381 g/mol. The molecule has 0 amide bonds. The van der Waals surface area contributed by atoms with Crippen molar-refractivity contribution in [1.82, 2.24) is 4.90 Å². The molecule has 0 heterocycles. The molecule has 0 radical (unpaired) electrons. The van der Waals surface area contributed by atoms with Gasteiger partial charge in [-0.1, -0.05) is 0 Å². The van der Waals surface area contributed by atoms with E-state index in [-0.39, 0.29) is 5.69 Å². The van der Waals surface area contributed by atoms with Crippen molar-refractivity contribution < 1.29 is 26.5 Å². The van der Waals surface area contributed by atoms with Crippen LogP contribution in [0.1, 0.15) is 19.3 Å². The summed E-state index contributed by atoms with van der Waals surface area (Å²) >= 11 is 0. The molecule has 0 saturated heterocycles. The highest BCUT2D eigenvalue weighted by Crippen LogP contribution is 2.40. The van der Waals surface area contributed by atoms with Crippen LogP contribution in [0.2, 0.25) is 0 Å². The summed E-state index contributed by atoms with van der Waals surface area (Å²) in [6, 6.07) is 2.21. The van der Waals surface area contributed by atoms with E-state index >= 15 is 0 Å². The van der Waals surface area contributed by atoms with E-state index in [0.29, 0.717) is 12.6 Å². The number of nitrogens with zero attached hydrogens (tertiary/aromatic N) is 2. The van der Waals surface area contributed by atoms with Gasteiger partial charge >= 0.3 is 5.51 Å². The largest absolute Gasteiger partial charge is 0.501 e. The number of nitro groups is 1. The average molecular weight is 381 g/mol. The maximum atomic E-state index is 12.7. The highest BCUT2D eigenvalue weighted by Gasteiger charge is 2.47. The molecule has 0 atom stereocenters. The normalized spacial score (nSPS) is 17.2. The van der Waals surface area contributed by atoms with Crippen molar-refractivity contribution >= 4 is 21.2 Å². The number of benzene rings is 1. The molecule has 2 rings (SSSR count).